The minimum Gasteiger partial charge on any atom is -0.466 e. The first-order valence-electron chi connectivity index (χ1n) is 10.9. The first-order chi connectivity index (χ1) is 16.4. The van der Waals surface area contributed by atoms with Crippen LogP contribution >= 0.6 is 0 Å². The van der Waals surface area contributed by atoms with E-state index in [-0.39, 0.29) is 40.4 Å². The van der Waals surface area contributed by atoms with E-state index in [4.69, 9.17) is 4.74 Å². The van der Waals surface area contributed by atoms with Gasteiger partial charge in [-0.1, -0.05) is 12.1 Å². The van der Waals surface area contributed by atoms with Crippen molar-refractivity contribution in [1.82, 2.24) is 14.7 Å². The molecule has 1 saturated heterocycles. The van der Waals surface area contributed by atoms with Crippen LogP contribution in [0.25, 0.3) is 16.9 Å². The van der Waals surface area contributed by atoms with Gasteiger partial charge < -0.3 is 9.64 Å². The number of carbonyl (C=O) groups excluding carboxylic acids is 2. The van der Waals surface area contributed by atoms with Gasteiger partial charge >= 0.3 is 5.97 Å². The number of carbonyl (C=O) groups is 2. The van der Waals surface area contributed by atoms with Crippen LogP contribution in [0.1, 0.15) is 30.3 Å². The lowest BCUT2D eigenvalue weighted by Gasteiger charge is -2.30. The van der Waals surface area contributed by atoms with E-state index in [0.29, 0.717) is 38.2 Å². The Balaban J connectivity index is 1.66. The molecule has 0 spiro atoms. The molecule has 1 amide bonds. The number of piperidine rings is 1. The number of non-ortho nitro benzene ring substituents is 1. The minimum absolute atomic E-state index is 0.0980. The van der Waals surface area contributed by atoms with Crippen LogP contribution in [0.15, 0.2) is 54.6 Å². The summed E-state index contributed by atoms with van der Waals surface area (Å²) in [5.41, 5.74) is 1.03. The predicted molar refractivity (Wildman–Crippen MR) is 121 cm³/mol. The SMILES string of the molecule is CCOC(=O)C1CCN(C(=O)c2cc(-c3ccccc3F)nn2-c2ccc([N+](=O)[O-])cc2)CC1. The number of amides is 1. The molecule has 0 aliphatic carbocycles. The molecule has 0 unspecified atom stereocenters. The third-order valence-corrected chi connectivity index (χ3v) is 5.79. The number of hydrogen-bond acceptors (Lipinski definition) is 6. The summed E-state index contributed by atoms with van der Waals surface area (Å²) in [6.45, 7) is 2.79. The molecule has 4 rings (SSSR count). The zero-order chi connectivity index (χ0) is 24.2. The topological polar surface area (TPSA) is 108 Å². The van der Waals surface area contributed by atoms with Gasteiger partial charge in [-0.15, -0.1) is 0 Å². The lowest BCUT2D eigenvalue weighted by Crippen LogP contribution is -2.41. The summed E-state index contributed by atoms with van der Waals surface area (Å²) in [5.74, 6) is -1.31. The molecule has 0 radical (unpaired) electrons. The predicted octanol–water partition coefficient (Wildman–Crippen LogP) is 4.00. The van der Waals surface area contributed by atoms with Crippen LogP contribution in [0, 0.1) is 21.8 Å². The molecule has 34 heavy (non-hydrogen) atoms. The van der Waals surface area contributed by atoms with Crippen molar-refractivity contribution < 1.29 is 23.6 Å². The third-order valence-electron chi connectivity index (χ3n) is 5.79. The number of likely N-dealkylation sites (tertiary alicyclic amines) is 1. The van der Waals surface area contributed by atoms with E-state index >= 15 is 0 Å². The van der Waals surface area contributed by atoms with Crippen molar-refractivity contribution in [2.75, 3.05) is 19.7 Å². The summed E-state index contributed by atoms with van der Waals surface area (Å²) in [7, 11) is 0. The van der Waals surface area contributed by atoms with Crippen LogP contribution in [-0.2, 0) is 9.53 Å². The van der Waals surface area contributed by atoms with Crippen LogP contribution in [0.4, 0.5) is 10.1 Å². The molecule has 0 bridgehead atoms. The first kappa shape index (κ1) is 23.1. The highest BCUT2D eigenvalue weighted by molar-refractivity contribution is 5.94. The summed E-state index contributed by atoms with van der Waals surface area (Å²) >= 11 is 0. The van der Waals surface area contributed by atoms with Crippen molar-refractivity contribution >= 4 is 17.6 Å². The Morgan fingerprint density at radius 2 is 1.82 bits per heavy atom. The largest absolute Gasteiger partial charge is 0.466 e. The van der Waals surface area contributed by atoms with Crippen molar-refractivity contribution in [1.29, 1.82) is 0 Å². The number of rotatable bonds is 6. The monoisotopic (exact) mass is 466 g/mol. The molecule has 0 N–H and O–H groups in total. The van der Waals surface area contributed by atoms with Gasteiger partial charge in [0.15, 0.2) is 0 Å². The van der Waals surface area contributed by atoms with Crippen LogP contribution < -0.4 is 0 Å². The number of hydrogen-bond donors (Lipinski definition) is 0. The Labute approximate surface area is 194 Å². The maximum absolute atomic E-state index is 14.4. The number of aromatic nitrogens is 2. The van der Waals surface area contributed by atoms with Crippen molar-refractivity contribution in [3.63, 3.8) is 0 Å². The molecule has 1 fully saturated rings. The number of nitro benzene ring substituents is 1. The standard InChI is InChI=1S/C24H23FN4O5/c1-2-34-24(31)16-11-13-27(14-12-16)23(30)22-15-21(19-5-3-4-6-20(19)25)26-28(22)17-7-9-18(10-8-17)29(32)33/h3-10,15-16H,2,11-14H2,1H3. The van der Waals surface area contributed by atoms with Crippen molar-refractivity contribution in [3.05, 3.63) is 76.2 Å². The van der Waals surface area contributed by atoms with Gasteiger partial charge in [0.2, 0.25) is 0 Å². The molecule has 176 valence electrons. The number of nitro groups is 1. The fraction of sp³-hybridized carbons (Fsp3) is 0.292. The molecule has 3 aromatic rings. The van der Waals surface area contributed by atoms with Gasteiger partial charge in [0.05, 0.1) is 28.8 Å². The van der Waals surface area contributed by atoms with E-state index in [0.717, 1.165) is 0 Å². The van der Waals surface area contributed by atoms with E-state index in [2.05, 4.69) is 5.10 Å². The van der Waals surface area contributed by atoms with E-state index in [1.165, 1.54) is 41.1 Å². The zero-order valence-electron chi connectivity index (χ0n) is 18.5. The van der Waals surface area contributed by atoms with Crippen LogP contribution in [-0.4, -0.2) is 51.2 Å². The van der Waals surface area contributed by atoms with Gasteiger partial charge in [0, 0.05) is 30.8 Å². The van der Waals surface area contributed by atoms with Gasteiger partial charge in [0.25, 0.3) is 11.6 Å². The fourth-order valence-electron chi connectivity index (χ4n) is 3.99. The van der Waals surface area contributed by atoms with E-state index in [9.17, 15) is 24.1 Å². The number of ether oxygens (including phenoxy) is 1. The van der Waals surface area contributed by atoms with Crippen molar-refractivity contribution in [2.24, 2.45) is 5.92 Å². The molecular formula is C24H23FN4O5. The summed E-state index contributed by atoms with van der Waals surface area (Å²) in [4.78, 5) is 37.6. The Hall–Kier alpha value is -4.08. The van der Waals surface area contributed by atoms with Gasteiger partial charge in [-0.3, -0.25) is 19.7 Å². The molecule has 1 aliphatic rings. The number of halogens is 1. The molecule has 2 heterocycles. The Morgan fingerprint density at radius 3 is 2.44 bits per heavy atom. The average Bonchev–Trinajstić information content (AvgIpc) is 3.29. The van der Waals surface area contributed by atoms with Crippen LogP contribution in [0.3, 0.4) is 0 Å². The highest BCUT2D eigenvalue weighted by atomic mass is 19.1. The fourth-order valence-corrected chi connectivity index (χ4v) is 3.99. The molecule has 0 atom stereocenters. The number of nitrogens with zero attached hydrogens (tertiary/aromatic N) is 4. The Bertz CT molecular complexity index is 1220. The first-order valence-corrected chi connectivity index (χ1v) is 10.9. The molecule has 10 heteroatoms. The maximum atomic E-state index is 14.4. The van der Waals surface area contributed by atoms with Gasteiger partial charge in [-0.2, -0.15) is 5.10 Å². The van der Waals surface area contributed by atoms with Crippen LogP contribution in [0.5, 0.6) is 0 Å². The lowest BCUT2D eigenvalue weighted by molar-refractivity contribution is -0.384. The minimum atomic E-state index is -0.516. The second kappa shape index (κ2) is 9.82. The second-order valence-electron chi connectivity index (χ2n) is 7.90. The summed E-state index contributed by atoms with van der Waals surface area (Å²) < 4.78 is 20.9. The number of esters is 1. The van der Waals surface area contributed by atoms with Crippen molar-refractivity contribution in [3.8, 4) is 16.9 Å². The normalized spacial score (nSPS) is 14.1. The number of benzene rings is 2. The Kier molecular flexibility index (Phi) is 6.67. The highest BCUT2D eigenvalue weighted by Crippen LogP contribution is 2.27. The van der Waals surface area contributed by atoms with Gasteiger partial charge in [-0.25, -0.2) is 9.07 Å². The smallest absolute Gasteiger partial charge is 0.309 e. The summed E-state index contributed by atoms with van der Waals surface area (Å²) in [6, 6.07) is 13.2. The van der Waals surface area contributed by atoms with Crippen molar-refractivity contribution in [2.45, 2.75) is 19.8 Å². The quantitative estimate of drug-likeness (QED) is 0.309. The molecule has 1 aliphatic heterocycles. The molecule has 9 nitrogen and oxygen atoms in total. The zero-order valence-corrected chi connectivity index (χ0v) is 18.5. The van der Waals surface area contributed by atoms with Gasteiger partial charge in [0.1, 0.15) is 11.5 Å². The average molecular weight is 466 g/mol. The molecular weight excluding hydrogens is 443 g/mol. The van der Waals surface area contributed by atoms with E-state index in [1.54, 1.807) is 30.0 Å². The molecule has 0 saturated carbocycles. The second-order valence-corrected chi connectivity index (χ2v) is 7.90. The maximum Gasteiger partial charge on any atom is 0.309 e. The van der Waals surface area contributed by atoms with E-state index in [1.807, 2.05) is 0 Å². The van der Waals surface area contributed by atoms with Gasteiger partial charge in [-0.05, 0) is 50.1 Å². The summed E-state index contributed by atoms with van der Waals surface area (Å²) in [5, 5.41) is 15.5. The Morgan fingerprint density at radius 1 is 1.15 bits per heavy atom. The lowest BCUT2D eigenvalue weighted by atomic mass is 9.97. The van der Waals surface area contributed by atoms with E-state index < -0.39 is 10.7 Å². The summed E-state index contributed by atoms with van der Waals surface area (Å²) in [6.07, 6.45) is 0.965. The molecule has 1 aromatic heterocycles. The third kappa shape index (κ3) is 4.66. The molecule has 2 aromatic carbocycles. The van der Waals surface area contributed by atoms with Crippen LogP contribution in [0.2, 0.25) is 0 Å². The highest BCUT2D eigenvalue weighted by Gasteiger charge is 2.31.